The van der Waals surface area contributed by atoms with Gasteiger partial charge in [-0.15, -0.1) is 0 Å². The van der Waals surface area contributed by atoms with Crippen LogP contribution in [-0.4, -0.2) is 23.4 Å². The van der Waals surface area contributed by atoms with Crippen molar-refractivity contribution in [2.24, 2.45) is 11.8 Å². The normalized spacial score (nSPS) is 13.3. The summed E-state index contributed by atoms with van der Waals surface area (Å²) < 4.78 is 2.19. The van der Waals surface area contributed by atoms with Crippen molar-refractivity contribution in [1.82, 2.24) is 15.1 Å². The molecule has 1 unspecified atom stereocenters. The van der Waals surface area contributed by atoms with Crippen LogP contribution in [-0.2, 0) is 13.0 Å². The van der Waals surface area contributed by atoms with Gasteiger partial charge in [0.15, 0.2) is 0 Å². The van der Waals surface area contributed by atoms with Gasteiger partial charge in [0, 0.05) is 12.2 Å². The topological polar surface area (TPSA) is 29.9 Å². The average molecular weight is 251 g/mol. The molecule has 0 bridgehead atoms. The van der Waals surface area contributed by atoms with Crippen molar-refractivity contribution in [2.45, 2.75) is 54.0 Å². The van der Waals surface area contributed by atoms with E-state index >= 15 is 0 Å². The van der Waals surface area contributed by atoms with Crippen LogP contribution < -0.4 is 5.32 Å². The molecule has 1 heterocycles. The first-order chi connectivity index (χ1) is 8.45. The van der Waals surface area contributed by atoms with Gasteiger partial charge in [-0.2, -0.15) is 5.10 Å². The molecule has 3 heteroatoms. The molecule has 0 radical (unpaired) electrons. The zero-order chi connectivity index (χ0) is 13.7. The maximum atomic E-state index is 4.69. The lowest BCUT2D eigenvalue weighted by molar-refractivity contribution is 0.478. The minimum atomic E-state index is 0.662. The molecule has 0 aliphatic rings. The highest BCUT2D eigenvalue weighted by molar-refractivity contribution is 5.25. The Kier molecular flexibility index (Phi) is 5.86. The minimum absolute atomic E-state index is 0.662. The fraction of sp³-hybridized carbons (Fsp3) is 0.800. The minimum Gasteiger partial charge on any atom is -0.319 e. The van der Waals surface area contributed by atoms with Gasteiger partial charge < -0.3 is 5.32 Å². The van der Waals surface area contributed by atoms with Gasteiger partial charge in [-0.05, 0) is 57.7 Å². The van der Waals surface area contributed by atoms with E-state index in [-0.39, 0.29) is 0 Å². The number of hydrogen-bond acceptors (Lipinski definition) is 2. The van der Waals surface area contributed by atoms with Gasteiger partial charge >= 0.3 is 0 Å². The molecule has 18 heavy (non-hydrogen) atoms. The zero-order valence-corrected chi connectivity index (χ0v) is 12.9. The Balaban J connectivity index is 2.74. The number of nitrogens with one attached hydrogen (secondary N) is 1. The lowest BCUT2D eigenvalue weighted by Crippen LogP contribution is -2.18. The Morgan fingerprint density at radius 2 is 1.89 bits per heavy atom. The van der Waals surface area contributed by atoms with E-state index in [0.717, 1.165) is 25.4 Å². The third-order valence-corrected chi connectivity index (χ3v) is 3.55. The predicted molar refractivity (Wildman–Crippen MR) is 78.0 cm³/mol. The number of aromatic nitrogens is 2. The summed E-state index contributed by atoms with van der Waals surface area (Å²) in [6.45, 7) is 13.3. The van der Waals surface area contributed by atoms with Crippen molar-refractivity contribution >= 4 is 0 Å². The molecule has 104 valence electrons. The first kappa shape index (κ1) is 15.2. The van der Waals surface area contributed by atoms with Crippen molar-refractivity contribution in [1.29, 1.82) is 0 Å². The van der Waals surface area contributed by atoms with Crippen LogP contribution >= 0.6 is 0 Å². The smallest absolute Gasteiger partial charge is 0.0628 e. The van der Waals surface area contributed by atoms with E-state index in [2.05, 4.69) is 44.6 Å². The average Bonchev–Trinajstić information content (AvgIpc) is 2.54. The summed E-state index contributed by atoms with van der Waals surface area (Å²) in [5.41, 5.74) is 4.01. The van der Waals surface area contributed by atoms with Crippen LogP contribution in [0.2, 0.25) is 0 Å². The molecule has 0 spiro atoms. The van der Waals surface area contributed by atoms with Gasteiger partial charge in [-0.25, -0.2) is 0 Å². The Morgan fingerprint density at radius 3 is 2.44 bits per heavy atom. The van der Waals surface area contributed by atoms with Gasteiger partial charge in [0.1, 0.15) is 0 Å². The lowest BCUT2D eigenvalue weighted by Gasteiger charge is -2.11. The van der Waals surface area contributed by atoms with Crippen LogP contribution in [0.15, 0.2) is 0 Å². The Morgan fingerprint density at radius 1 is 1.22 bits per heavy atom. The van der Waals surface area contributed by atoms with E-state index in [0.29, 0.717) is 5.92 Å². The first-order valence-electron chi connectivity index (χ1n) is 7.13. The van der Waals surface area contributed by atoms with Crippen LogP contribution in [0.5, 0.6) is 0 Å². The number of hydrogen-bond donors (Lipinski definition) is 1. The molecule has 0 aliphatic heterocycles. The van der Waals surface area contributed by atoms with E-state index in [1.54, 1.807) is 0 Å². The fourth-order valence-corrected chi connectivity index (χ4v) is 2.40. The second-order valence-electron chi connectivity index (χ2n) is 5.92. The van der Waals surface area contributed by atoms with Crippen LogP contribution in [0, 0.1) is 25.7 Å². The quantitative estimate of drug-likeness (QED) is 0.807. The van der Waals surface area contributed by atoms with E-state index in [9.17, 15) is 0 Å². The summed E-state index contributed by atoms with van der Waals surface area (Å²) in [5.74, 6) is 1.40. The number of rotatable bonds is 7. The molecule has 1 aromatic rings. The largest absolute Gasteiger partial charge is 0.319 e. The van der Waals surface area contributed by atoms with E-state index < -0.39 is 0 Å². The van der Waals surface area contributed by atoms with Crippen LogP contribution in [0.1, 0.15) is 44.1 Å². The molecule has 3 nitrogen and oxygen atoms in total. The highest BCUT2D eigenvalue weighted by atomic mass is 15.3. The van der Waals surface area contributed by atoms with Gasteiger partial charge in [0.2, 0.25) is 0 Å². The number of aryl methyl sites for hydroxylation is 2. The zero-order valence-electron chi connectivity index (χ0n) is 12.9. The summed E-state index contributed by atoms with van der Waals surface area (Å²) >= 11 is 0. The molecular formula is C15H29N3. The Labute approximate surface area is 112 Å². The summed E-state index contributed by atoms with van der Waals surface area (Å²) in [5, 5.41) is 7.94. The molecule has 0 amide bonds. The predicted octanol–water partition coefficient (Wildman–Crippen LogP) is 2.94. The lowest BCUT2D eigenvalue weighted by atomic mass is 9.99. The monoisotopic (exact) mass is 251 g/mol. The van der Waals surface area contributed by atoms with Gasteiger partial charge in [-0.3, -0.25) is 4.68 Å². The molecule has 0 saturated heterocycles. The van der Waals surface area contributed by atoms with Crippen molar-refractivity contribution in [3.05, 3.63) is 17.0 Å². The van der Waals surface area contributed by atoms with Gasteiger partial charge in [-0.1, -0.05) is 20.8 Å². The Bertz CT molecular complexity index is 366. The highest BCUT2D eigenvalue weighted by Crippen LogP contribution is 2.18. The maximum Gasteiger partial charge on any atom is 0.0628 e. The highest BCUT2D eigenvalue weighted by Gasteiger charge is 2.14. The van der Waals surface area contributed by atoms with E-state index in [4.69, 9.17) is 5.10 Å². The van der Waals surface area contributed by atoms with Crippen LogP contribution in [0.25, 0.3) is 0 Å². The molecule has 0 aromatic carbocycles. The van der Waals surface area contributed by atoms with Gasteiger partial charge in [0.25, 0.3) is 0 Å². The molecule has 1 atom stereocenters. The Hall–Kier alpha value is -0.830. The molecule has 1 N–H and O–H groups in total. The standard InChI is InChI=1S/C15H29N3/c1-11(2)7-8-18-14(5)15(13(4)17-18)9-12(3)10-16-6/h11-12,16H,7-10H2,1-6H3. The van der Waals surface area contributed by atoms with Crippen LogP contribution in [0.4, 0.5) is 0 Å². The molecular weight excluding hydrogens is 222 g/mol. The van der Waals surface area contributed by atoms with Crippen molar-refractivity contribution in [3.8, 4) is 0 Å². The maximum absolute atomic E-state index is 4.69. The summed E-state index contributed by atoms with van der Waals surface area (Å²) in [7, 11) is 2.02. The van der Waals surface area contributed by atoms with Crippen molar-refractivity contribution in [3.63, 3.8) is 0 Å². The number of nitrogens with zero attached hydrogens (tertiary/aromatic N) is 2. The SMILES string of the molecule is CNCC(C)Cc1c(C)nn(CCC(C)C)c1C. The second-order valence-corrected chi connectivity index (χ2v) is 5.92. The van der Waals surface area contributed by atoms with E-state index in [1.165, 1.54) is 23.4 Å². The summed E-state index contributed by atoms with van der Waals surface area (Å²) in [6, 6.07) is 0. The molecule has 0 saturated carbocycles. The van der Waals surface area contributed by atoms with Gasteiger partial charge in [0.05, 0.1) is 5.69 Å². The van der Waals surface area contributed by atoms with Crippen molar-refractivity contribution in [2.75, 3.05) is 13.6 Å². The fourth-order valence-electron chi connectivity index (χ4n) is 2.40. The summed E-state index contributed by atoms with van der Waals surface area (Å²) in [4.78, 5) is 0. The molecule has 0 aliphatic carbocycles. The third kappa shape index (κ3) is 4.13. The third-order valence-electron chi connectivity index (χ3n) is 3.55. The first-order valence-corrected chi connectivity index (χ1v) is 7.13. The molecule has 1 rings (SSSR count). The molecule has 1 aromatic heterocycles. The van der Waals surface area contributed by atoms with Crippen LogP contribution in [0.3, 0.4) is 0 Å². The summed E-state index contributed by atoms with van der Waals surface area (Å²) in [6.07, 6.45) is 2.33. The molecule has 0 fully saturated rings. The second kappa shape index (κ2) is 6.93. The van der Waals surface area contributed by atoms with Crippen molar-refractivity contribution < 1.29 is 0 Å². The van der Waals surface area contributed by atoms with E-state index in [1.807, 2.05) is 7.05 Å².